The van der Waals surface area contributed by atoms with E-state index < -0.39 is 0 Å². The number of rotatable bonds is 5. The second kappa shape index (κ2) is 7.38. The molecule has 0 saturated heterocycles. The van der Waals surface area contributed by atoms with Gasteiger partial charge in [0.2, 0.25) is 5.91 Å². The molecule has 1 fully saturated rings. The van der Waals surface area contributed by atoms with Crippen LogP contribution in [-0.2, 0) is 4.79 Å². The maximum Gasteiger partial charge on any atom is 0.319 e. The number of hydrogen-bond acceptors (Lipinski definition) is 2. The second-order valence-corrected chi connectivity index (χ2v) is 6.57. The molecule has 3 rings (SSSR count). The van der Waals surface area contributed by atoms with E-state index in [1.165, 1.54) is 0 Å². The number of carbonyl (C=O) groups excluding carboxylic acids is 2. The Hall–Kier alpha value is -2.82. The van der Waals surface area contributed by atoms with Gasteiger partial charge in [0, 0.05) is 17.3 Å². The maximum atomic E-state index is 12.1. The van der Waals surface area contributed by atoms with E-state index in [-0.39, 0.29) is 23.9 Å². The van der Waals surface area contributed by atoms with Crippen LogP contribution in [0.1, 0.15) is 36.9 Å². The monoisotopic (exact) mass is 337 g/mol. The van der Waals surface area contributed by atoms with Crippen molar-refractivity contribution in [1.29, 1.82) is 0 Å². The van der Waals surface area contributed by atoms with Crippen LogP contribution in [0.2, 0.25) is 0 Å². The van der Waals surface area contributed by atoms with Gasteiger partial charge >= 0.3 is 6.03 Å². The molecule has 0 heterocycles. The Bertz CT molecular complexity index is 750. The van der Waals surface area contributed by atoms with E-state index >= 15 is 0 Å². The first-order valence-corrected chi connectivity index (χ1v) is 8.56. The fourth-order valence-electron chi connectivity index (χ4n) is 2.53. The zero-order valence-corrected chi connectivity index (χ0v) is 14.5. The molecule has 0 spiro atoms. The average molecular weight is 337 g/mol. The highest BCUT2D eigenvalue weighted by molar-refractivity contribution is 5.94. The summed E-state index contributed by atoms with van der Waals surface area (Å²) in [5.41, 5.74) is 3.67. The van der Waals surface area contributed by atoms with Crippen molar-refractivity contribution in [3.05, 3.63) is 59.7 Å². The van der Waals surface area contributed by atoms with Crippen LogP contribution in [0.15, 0.2) is 48.5 Å². The number of hydrogen-bond donors (Lipinski definition) is 3. The fraction of sp³-hybridized carbons (Fsp3) is 0.300. The van der Waals surface area contributed by atoms with Gasteiger partial charge in [-0.05, 0) is 56.5 Å². The summed E-state index contributed by atoms with van der Waals surface area (Å²) < 4.78 is 0. The highest BCUT2D eigenvalue weighted by Crippen LogP contribution is 2.30. The smallest absolute Gasteiger partial charge is 0.319 e. The van der Waals surface area contributed by atoms with Crippen molar-refractivity contribution >= 4 is 23.3 Å². The lowest BCUT2D eigenvalue weighted by atomic mass is 10.1. The summed E-state index contributed by atoms with van der Waals surface area (Å²) in [4.78, 5) is 23.9. The summed E-state index contributed by atoms with van der Waals surface area (Å²) in [5, 5.41) is 8.64. The van der Waals surface area contributed by atoms with E-state index in [9.17, 15) is 9.59 Å². The zero-order valence-electron chi connectivity index (χ0n) is 14.5. The number of anilines is 2. The van der Waals surface area contributed by atoms with Crippen molar-refractivity contribution in [3.8, 4) is 0 Å². The molecule has 0 radical (unpaired) electrons. The van der Waals surface area contributed by atoms with Crippen LogP contribution in [0.4, 0.5) is 16.2 Å². The number of aryl methyl sites for hydroxylation is 1. The number of nitrogens with one attached hydrogen (secondary N) is 3. The summed E-state index contributed by atoms with van der Waals surface area (Å²) in [7, 11) is 0. The normalized spacial score (nSPS) is 14.5. The summed E-state index contributed by atoms with van der Waals surface area (Å²) >= 11 is 0. The first-order chi connectivity index (χ1) is 12.0. The molecule has 3 N–H and O–H groups in total. The second-order valence-electron chi connectivity index (χ2n) is 6.57. The Morgan fingerprint density at radius 3 is 2.08 bits per heavy atom. The molecule has 1 aliphatic rings. The Kier molecular flexibility index (Phi) is 5.03. The summed E-state index contributed by atoms with van der Waals surface area (Å²) in [6.45, 7) is 3.93. The molecule has 1 unspecified atom stereocenters. The van der Waals surface area contributed by atoms with E-state index in [1.54, 1.807) is 0 Å². The van der Waals surface area contributed by atoms with Crippen molar-refractivity contribution < 1.29 is 9.59 Å². The van der Waals surface area contributed by atoms with Gasteiger partial charge in [-0.1, -0.05) is 29.8 Å². The largest absolute Gasteiger partial charge is 0.331 e. The standard InChI is InChI=1S/C20H23N3O2/c1-13-3-9-18(10-4-13)23-20(25)21-14(2)15-7-11-17(12-8-15)22-19(24)16-5-6-16/h3-4,7-12,14,16H,5-6H2,1-2H3,(H,22,24)(H2,21,23,25). The van der Waals surface area contributed by atoms with Crippen LogP contribution in [0.25, 0.3) is 0 Å². The molecule has 25 heavy (non-hydrogen) atoms. The predicted octanol–water partition coefficient (Wildman–Crippen LogP) is 4.23. The molecule has 0 aromatic heterocycles. The molecular weight excluding hydrogens is 314 g/mol. The van der Waals surface area contributed by atoms with Gasteiger partial charge in [0.25, 0.3) is 0 Å². The van der Waals surface area contributed by atoms with Crippen LogP contribution >= 0.6 is 0 Å². The lowest BCUT2D eigenvalue weighted by Gasteiger charge is -2.16. The van der Waals surface area contributed by atoms with Crippen LogP contribution in [0.3, 0.4) is 0 Å². The van der Waals surface area contributed by atoms with Gasteiger partial charge in [-0.15, -0.1) is 0 Å². The number of amides is 3. The maximum absolute atomic E-state index is 12.1. The molecule has 0 aliphatic heterocycles. The van der Waals surface area contributed by atoms with Crippen molar-refractivity contribution in [2.24, 2.45) is 5.92 Å². The average Bonchev–Trinajstić information content (AvgIpc) is 3.42. The highest BCUT2D eigenvalue weighted by Gasteiger charge is 2.29. The molecule has 1 saturated carbocycles. The van der Waals surface area contributed by atoms with Gasteiger partial charge in [-0.2, -0.15) is 0 Å². The predicted molar refractivity (Wildman–Crippen MR) is 99.5 cm³/mol. The summed E-state index contributed by atoms with van der Waals surface area (Å²) in [6, 6.07) is 14.8. The van der Waals surface area contributed by atoms with Crippen molar-refractivity contribution in [1.82, 2.24) is 5.32 Å². The van der Waals surface area contributed by atoms with Crippen LogP contribution in [0.5, 0.6) is 0 Å². The lowest BCUT2D eigenvalue weighted by molar-refractivity contribution is -0.117. The van der Waals surface area contributed by atoms with Crippen molar-refractivity contribution in [3.63, 3.8) is 0 Å². The van der Waals surface area contributed by atoms with Crippen LogP contribution < -0.4 is 16.0 Å². The summed E-state index contributed by atoms with van der Waals surface area (Å²) in [6.07, 6.45) is 1.97. The fourth-order valence-corrected chi connectivity index (χ4v) is 2.53. The van der Waals surface area contributed by atoms with E-state index in [4.69, 9.17) is 0 Å². The molecular formula is C20H23N3O2. The van der Waals surface area contributed by atoms with E-state index in [1.807, 2.05) is 62.4 Å². The third kappa shape index (κ3) is 4.83. The van der Waals surface area contributed by atoms with Gasteiger partial charge in [0.1, 0.15) is 0 Å². The number of benzene rings is 2. The molecule has 2 aromatic rings. The molecule has 1 atom stereocenters. The molecule has 1 aliphatic carbocycles. The number of carbonyl (C=O) groups is 2. The van der Waals surface area contributed by atoms with Gasteiger partial charge in [-0.25, -0.2) is 4.79 Å². The molecule has 5 heteroatoms. The number of urea groups is 1. The quantitative estimate of drug-likeness (QED) is 0.764. The Morgan fingerprint density at radius 2 is 1.48 bits per heavy atom. The van der Waals surface area contributed by atoms with Gasteiger partial charge < -0.3 is 16.0 Å². The molecule has 3 amide bonds. The van der Waals surface area contributed by atoms with Gasteiger partial charge in [0.15, 0.2) is 0 Å². The molecule has 0 bridgehead atoms. The Morgan fingerprint density at radius 1 is 0.920 bits per heavy atom. The van der Waals surface area contributed by atoms with E-state index in [0.29, 0.717) is 0 Å². The van der Waals surface area contributed by atoms with Crippen molar-refractivity contribution in [2.75, 3.05) is 10.6 Å². The van der Waals surface area contributed by atoms with Gasteiger partial charge in [0.05, 0.1) is 6.04 Å². The van der Waals surface area contributed by atoms with E-state index in [2.05, 4.69) is 16.0 Å². The van der Waals surface area contributed by atoms with Crippen molar-refractivity contribution in [2.45, 2.75) is 32.7 Å². The topological polar surface area (TPSA) is 70.2 Å². The first-order valence-electron chi connectivity index (χ1n) is 8.56. The minimum Gasteiger partial charge on any atom is -0.331 e. The minimum atomic E-state index is -0.248. The highest BCUT2D eigenvalue weighted by atomic mass is 16.2. The Labute approximate surface area is 147 Å². The summed E-state index contributed by atoms with van der Waals surface area (Å²) in [5.74, 6) is 0.280. The van der Waals surface area contributed by atoms with Crippen LogP contribution in [0, 0.1) is 12.8 Å². The zero-order chi connectivity index (χ0) is 17.8. The van der Waals surface area contributed by atoms with Crippen LogP contribution in [-0.4, -0.2) is 11.9 Å². The minimum absolute atomic E-state index is 0.0939. The first kappa shape index (κ1) is 17.0. The SMILES string of the molecule is Cc1ccc(NC(=O)NC(C)c2ccc(NC(=O)C3CC3)cc2)cc1. The Balaban J connectivity index is 1.53. The molecule has 130 valence electrons. The van der Waals surface area contributed by atoms with E-state index in [0.717, 1.165) is 35.3 Å². The lowest BCUT2D eigenvalue weighted by Crippen LogP contribution is -2.31. The third-order valence-corrected chi connectivity index (χ3v) is 4.28. The third-order valence-electron chi connectivity index (χ3n) is 4.28. The van der Waals surface area contributed by atoms with Gasteiger partial charge in [-0.3, -0.25) is 4.79 Å². The molecule has 2 aromatic carbocycles. The molecule has 5 nitrogen and oxygen atoms in total.